The molecule has 3 heteroatoms. The zero-order chi connectivity index (χ0) is 7.78. The quantitative estimate of drug-likeness (QED) is 0.551. The van der Waals surface area contributed by atoms with Crippen molar-refractivity contribution in [2.24, 2.45) is 0 Å². The van der Waals surface area contributed by atoms with Crippen molar-refractivity contribution < 1.29 is 8.83 Å². The Hall–Kier alpha value is -0.990. The molecule has 0 aliphatic rings. The highest BCUT2D eigenvalue weighted by Gasteiger charge is 2.18. The van der Waals surface area contributed by atoms with E-state index in [4.69, 9.17) is 4.42 Å². The van der Waals surface area contributed by atoms with Gasteiger partial charge in [0.25, 0.3) is 0 Å². The zero-order valence-electron chi connectivity index (χ0n) is 6.30. The van der Waals surface area contributed by atoms with Gasteiger partial charge in [0.05, 0.1) is 0 Å². The maximum Gasteiger partial charge on any atom is 0.518 e. The van der Waals surface area contributed by atoms with Crippen molar-refractivity contribution in [3.8, 4) is 0 Å². The molecule has 0 saturated carbocycles. The summed E-state index contributed by atoms with van der Waals surface area (Å²) in [6, 6.07) is 0. The van der Waals surface area contributed by atoms with Crippen LogP contribution in [0.5, 0.6) is 0 Å². The zero-order valence-corrected chi connectivity index (χ0v) is 6.30. The third-order valence-electron chi connectivity index (χ3n) is 1.19. The molecule has 3 nitrogen and oxygen atoms in total. The highest BCUT2D eigenvalue weighted by atomic mass is 16.6. The minimum Gasteiger partial charge on any atom is -0.399 e. The minimum absolute atomic E-state index is 0.147. The summed E-state index contributed by atoms with van der Waals surface area (Å²) < 4.78 is 9.19. The van der Waals surface area contributed by atoms with Crippen molar-refractivity contribution in [2.45, 2.75) is 26.2 Å². The van der Waals surface area contributed by atoms with Gasteiger partial charge in [-0.3, -0.25) is 0 Å². The van der Waals surface area contributed by atoms with Crippen molar-refractivity contribution >= 4 is 0 Å². The molecule has 1 rings (SSSR count). The molecule has 0 N–H and O–H groups in total. The van der Waals surface area contributed by atoms with Gasteiger partial charge in [-0.15, -0.1) is 0 Å². The summed E-state index contributed by atoms with van der Waals surface area (Å²) in [4.78, 5) is 10.4. The first-order valence-corrected chi connectivity index (χ1v) is 3.09. The Morgan fingerprint density at radius 1 is 1.40 bits per heavy atom. The molecule has 0 aliphatic carbocycles. The van der Waals surface area contributed by atoms with Crippen LogP contribution in [0.15, 0.2) is 19.9 Å². The van der Waals surface area contributed by atoms with E-state index in [9.17, 15) is 4.79 Å². The normalized spacial score (nSPS) is 11.9. The van der Waals surface area contributed by atoms with Gasteiger partial charge >= 0.3 is 5.82 Å². The molecule has 0 aromatic carbocycles. The van der Waals surface area contributed by atoms with Gasteiger partial charge in [-0.05, 0) is 0 Å². The van der Waals surface area contributed by atoms with Crippen molar-refractivity contribution in [1.82, 2.24) is 0 Å². The fourth-order valence-corrected chi connectivity index (χ4v) is 0.569. The number of hydrogen-bond acceptors (Lipinski definition) is 3. The SMILES string of the molecule is CC(C)(C)c1coc(=O)o1. The summed E-state index contributed by atoms with van der Waals surface area (Å²) in [5.74, 6) is -0.0533. The van der Waals surface area contributed by atoms with Crippen LogP contribution in [0.1, 0.15) is 26.5 Å². The van der Waals surface area contributed by atoms with Gasteiger partial charge in [-0.25, -0.2) is 4.79 Å². The molecule has 56 valence electrons. The maximum absolute atomic E-state index is 10.4. The van der Waals surface area contributed by atoms with Gasteiger partial charge in [-0.2, -0.15) is 0 Å². The lowest BCUT2D eigenvalue weighted by Gasteiger charge is -2.11. The second kappa shape index (κ2) is 2.01. The summed E-state index contributed by atoms with van der Waals surface area (Å²) in [6.45, 7) is 5.84. The molecule has 0 aliphatic heterocycles. The molecule has 0 unspecified atom stereocenters. The molecule has 0 fully saturated rings. The molecule has 1 aromatic heterocycles. The lowest BCUT2D eigenvalue weighted by atomic mass is 9.94. The summed E-state index contributed by atoms with van der Waals surface area (Å²) in [7, 11) is 0. The number of hydrogen-bond donors (Lipinski definition) is 0. The molecule has 0 saturated heterocycles. The Morgan fingerprint density at radius 2 is 2.00 bits per heavy atom. The van der Waals surface area contributed by atoms with Crippen molar-refractivity contribution in [2.75, 3.05) is 0 Å². The fourth-order valence-electron chi connectivity index (χ4n) is 0.569. The number of rotatable bonds is 0. The van der Waals surface area contributed by atoms with E-state index in [1.165, 1.54) is 6.26 Å². The first-order valence-electron chi connectivity index (χ1n) is 3.09. The van der Waals surface area contributed by atoms with E-state index in [1.54, 1.807) is 0 Å². The van der Waals surface area contributed by atoms with E-state index in [0.717, 1.165) is 0 Å². The van der Waals surface area contributed by atoms with E-state index in [2.05, 4.69) is 4.42 Å². The second-order valence-corrected chi connectivity index (χ2v) is 3.20. The molecule has 1 heterocycles. The van der Waals surface area contributed by atoms with E-state index < -0.39 is 5.82 Å². The van der Waals surface area contributed by atoms with E-state index in [0.29, 0.717) is 5.76 Å². The Bertz CT molecular complexity index is 261. The summed E-state index contributed by atoms with van der Waals surface area (Å²) >= 11 is 0. The molecular weight excluding hydrogens is 132 g/mol. The molecule has 0 amide bonds. The third kappa shape index (κ3) is 1.29. The predicted molar refractivity (Wildman–Crippen MR) is 35.9 cm³/mol. The summed E-state index contributed by atoms with van der Waals surface area (Å²) in [5, 5.41) is 0. The average molecular weight is 142 g/mol. The molecule has 0 bridgehead atoms. The highest BCUT2D eigenvalue weighted by molar-refractivity contribution is 5.01. The first-order chi connectivity index (χ1) is 4.50. The Balaban J connectivity index is 3.07. The lowest BCUT2D eigenvalue weighted by Crippen LogP contribution is -2.09. The third-order valence-corrected chi connectivity index (χ3v) is 1.19. The van der Waals surface area contributed by atoms with Crippen LogP contribution < -0.4 is 5.82 Å². The second-order valence-electron chi connectivity index (χ2n) is 3.20. The highest BCUT2D eigenvalue weighted by Crippen LogP contribution is 2.19. The minimum atomic E-state index is -0.634. The lowest BCUT2D eigenvalue weighted by molar-refractivity contribution is 0.345. The van der Waals surface area contributed by atoms with Crippen molar-refractivity contribution in [3.63, 3.8) is 0 Å². The first kappa shape index (κ1) is 7.12. The van der Waals surface area contributed by atoms with E-state index in [1.807, 2.05) is 20.8 Å². The van der Waals surface area contributed by atoms with Crippen LogP contribution in [-0.2, 0) is 5.41 Å². The largest absolute Gasteiger partial charge is 0.518 e. The fraction of sp³-hybridized carbons (Fsp3) is 0.571. The van der Waals surface area contributed by atoms with Crippen LogP contribution >= 0.6 is 0 Å². The predicted octanol–water partition coefficient (Wildman–Crippen LogP) is 1.53. The average Bonchev–Trinajstić information content (AvgIpc) is 2.11. The van der Waals surface area contributed by atoms with Crippen LogP contribution in [-0.4, -0.2) is 0 Å². The molecular formula is C7H10O3. The van der Waals surface area contributed by atoms with Crippen LogP contribution in [0.2, 0.25) is 0 Å². The van der Waals surface area contributed by atoms with Gasteiger partial charge in [0.2, 0.25) is 0 Å². The Kier molecular flexibility index (Phi) is 1.43. The van der Waals surface area contributed by atoms with Gasteiger partial charge < -0.3 is 8.83 Å². The van der Waals surface area contributed by atoms with Crippen LogP contribution in [0, 0.1) is 0 Å². The van der Waals surface area contributed by atoms with E-state index >= 15 is 0 Å². The van der Waals surface area contributed by atoms with Crippen LogP contribution in [0.3, 0.4) is 0 Å². The molecule has 0 atom stereocenters. The van der Waals surface area contributed by atoms with Crippen LogP contribution in [0.4, 0.5) is 0 Å². The summed E-state index contributed by atoms with van der Waals surface area (Å²) in [6.07, 6.45) is 1.35. The molecule has 0 radical (unpaired) electrons. The monoisotopic (exact) mass is 142 g/mol. The van der Waals surface area contributed by atoms with Crippen LogP contribution in [0.25, 0.3) is 0 Å². The Morgan fingerprint density at radius 3 is 2.20 bits per heavy atom. The molecule has 1 aromatic rings. The smallest absolute Gasteiger partial charge is 0.399 e. The van der Waals surface area contributed by atoms with Gasteiger partial charge in [0, 0.05) is 5.41 Å². The molecule has 10 heavy (non-hydrogen) atoms. The topological polar surface area (TPSA) is 43.4 Å². The van der Waals surface area contributed by atoms with Crippen molar-refractivity contribution in [1.29, 1.82) is 0 Å². The standard InChI is InChI=1S/C7H10O3/c1-7(2,3)5-4-9-6(8)10-5/h4H,1-3H3. The van der Waals surface area contributed by atoms with Gasteiger partial charge in [0.15, 0.2) is 5.76 Å². The Labute approximate surface area is 58.7 Å². The van der Waals surface area contributed by atoms with E-state index in [-0.39, 0.29) is 5.41 Å². The maximum atomic E-state index is 10.4. The summed E-state index contributed by atoms with van der Waals surface area (Å²) in [5.41, 5.74) is -0.147. The van der Waals surface area contributed by atoms with Gasteiger partial charge in [0.1, 0.15) is 6.26 Å². The van der Waals surface area contributed by atoms with Crippen molar-refractivity contribution in [3.05, 3.63) is 22.6 Å². The van der Waals surface area contributed by atoms with Gasteiger partial charge in [-0.1, -0.05) is 20.8 Å². The molecule has 0 spiro atoms.